The van der Waals surface area contributed by atoms with Crippen molar-refractivity contribution in [2.75, 3.05) is 52.8 Å². The topological polar surface area (TPSA) is 46.2 Å². The Morgan fingerprint density at radius 1 is 1.13 bits per heavy atom. The van der Waals surface area contributed by atoms with Crippen LogP contribution in [0.1, 0.15) is 12.8 Å². The third kappa shape index (κ3) is 10.2. The lowest BCUT2D eigenvalue weighted by molar-refractivity contribution is -0.890. The van der Waals surface area contributed by atoms with Crippen LogP contribution >= 0.6 is 0 Å². The Kier molecular flexibility index (Phi) is 6.40. The van der Waals surface area contributed by atoms with Crippen LogP contribution in [0.15, 0.2) is 0 Å². The average molecular weight is 237 g/mol. The maximum absolute atomic E-state index is 11.0. The molecular formula is C10H25N2O2S+. The molecule has 0 radical (unpaired) electrons. The monoisotopic (exact) mass is 237 g/mol. The molecule has 15 heavy (non-hydrogen) atoms. The molecule has 0 unspecified atom stereocenters. The van der Waals surface area contributed by atoms with Crippen LogP contribution in [-0.4, -0.2) is 65.7 Å². The van der Waals surface area contributed by atoms with E-state index < -0.39 is 9.84 Å². The number of hydrogen-bond acceptors (Lipinski definition) is 3. The lowest BCUT2D eigenvalue weighted by Crippen LogP contribution is -2.42. The maximum Gasteiger partial charge on any atom is 0.147 e. The minimum Gasteiger partial charge on any atom is -0.328 e. The SMILES string of the molecule is CNCCC[N+](C)(C)CCCS(C)(=O)=O. The van der Waals surface area contributed by atoms with Crippen LogP contribution in [0.3, 0.4) is 0 Å². The minimum atomic E-state index is -2.79. The van der Waals surface area contributed by atoms with E-state index in [9.17, 15) is 8.42 Å². The van der Waals surface area contributed by atoms with Gasteiger partial charge < -0.3 is 9.80 Å². The molecule has 1 N–H and O–H groups in total. The van der Waals surface area contributed by atoms with Crippen LogP contribution in [0.2, 0.25) is 0 Å². The first-order valence-electron chi connectivity index (χ1n) is 5.41. The summed E-state index contributed by atoms with van der Waals surface area (Å²) in [5.41, 5.74) is 0. The number of rotatable bonds is 8. The first-order valence-corrected chi connectivity index (χ1v) is 7.47. The molecule has 0 aliphatic heterocycles. The summed E-state index contributed by atoms with van der Waals surface area (Å²) >= 11 is 0. The molecule has 0 aromatic carbocycles. The Morgan fingerprint density at radius 3 is 2.13 bits per heavy atom. The molecule has 0 saturated heterocycles. The molecular weight excluding hydrogens is 212 g/mol. The molecule has 0 aliphatic rings. The molecule has 4 nitrogen and oxygen atoms in total. The first kappa shape index (κ1) is 14.9. The van der Waals surface area contributed by atoms with Crippen molar-refractivity contribution < 1.29 is 12.9 Å². The minimum absolute atomic E-state index is 0.306. The van der Waals surface area contributed by atoms with Gasteiger partial charge in [-0.3, -0.25) is 0 Å². The number of nitrogens with zero attached hydrogens (tertiary/aromatic N) is 1. The van der Waals surface area contributed by atoms with Crippen molar-refractivity contribution in [1.29, 1.82) is 0 Å². The summed E-state index contributed by atoms with van der Waals surface area (Å²) in [5, 5.41) is 3.11. The quantitative estimate of drug-likeness (QED) is 0.481. The predicted octanol–water partition coefficient (Wildman–Crippen LogP) is 0.107. The largest absolute Gasteiger partial charge is 0.328 e. The van der Waals surface area contributed by atoms with Crippen molar-refractivity contribution in [2.24, 2.45) is 0 Å². The summed E-state index contributed by atoms with van der Waals surface area (Å²) in [5.74, 6) is 0.306. The predicted molar refractivity (Wildman–Crippen MR) is 64.7 cm³/mol. The van der Waals surface area contributed by atoms with E-state index in [1.54, 1.807) is 0 Å². The highest BCUT2D eigenvalue weighted by atomic mass is 32.2. The van der Waals surface area contributed by atoms with Gasteiger partial charge in [-0.2, -0.15) is 0 Å². The van der Waals surface area contributed by atoms with Crippen LogP contribution in [0.25, 0.3) is 0 Å². The fourth-order valence-corrected chi connectivity index (χ4v) is 2.20. The van der Waals surface area contributed by atoms with Gasteiger partial charge in [0.1, 0.15) is 9.84 Å². The molecule has 0 fully saturated rings. The second kappa shape index (κ2) is 6.45. The highest BCUT2D eigenvalue weighted by Crippen LogP contribution is 2.02. The molecule has 0 aliphatic carbocycles. The summed E-state index contributed by atoms with van der Waals surface area (Å²) < 4.78 is 22.8. The van der Waals surface area contributed by atoms with E-state index in [0.29, 0.717) is 5.75 Å². The molecule has 0 aromatic rings. The van der Waals surface area contributed by atoms with E-state index in [4.69, 9.17) is 0 Å². The smallest absolute Gasteiger partial charge is 0.147 e. The third-order valence-corrected chi connectivity index (χ3v) is 3.50. The van der Waals surface area contributed by atoms with Crippen molar-refractivity contribution in [3.63, 3.8) is 0 Å². The summed E-state index contributed by atoms with van der Waals surface area (Å²) in [4.78, 5) is 0. The van der Waals surface area contributed by atoms with Gasteiger partial charge in [0.2, 0.25) is 0 Å². The van der Waals surface area contributed by atoms with Crippen molar-refractivity contribution in [3.8, 4) is 0 Å². The van der Waals surface area contributed by atoms with E-state index in [-0.39, 0.29) is 0 Å². The van der Waals surface area contributed by atoms with E-state index in [2.05, 4.69) is 19.4 Å². The van der Waals surface area contributed by atoms with Crippen LogP contribution in [0.5, 0.6) is 0 Å². The molecule has 0 amide bonds. The zero-order valence-corrected chi connectivity index (χ0v) is 11.2. The lowest BCUT2D eigenvalue weighted by atomic mass is 10.3. The normalized spacial score (nSPS) is 13.1. The molecule has 0 bridgehead atoms. The Labute approximate surface area is 94.2 Å². The van der Waals surface area contributed by atoms with Gasteiger partial charge in [0.05, 0.1) is 32.9 Å². The Hall–Kier alpha value is -0.130. The number of nitrogens with one attached hydrogen (secondary N) is 1. The second-order valence-corrected chi connectivity index (χ2v) is 7.08. The molecule has 0 spiro atoms. The Balaban J connectivity index is 3.73. The van der Waals surface area contributed by atoms with E-state index >= 15 is 0 Å². The summed E-state index contributed by atoms with van der Waals surface area (Å²) in [7, 11) is 3.46. The number of sulfone groups is 1. The Bertz CT molecular complexity index is 261. The number of hydrogen-bond donors (Lipinski definition) is 1. The summed E-state index contributed by atoms with van der Waals surface area (Å²) in [6, 6.07) is 0. The number of quaternary nitrogens is 1. The molecule has 92 valence electrons. The molecule has 0 atom stereocenters. The standard InChI is InChI=1S/C10H25N2O2S/c1-11-7-5-8-12(2,3)9-6-10-15(4,13)14/h11H,5-10H2,1-4H3/q+1. The first-order chi connectivity index (χ1) is 6.77. The third-order valence-electron chi connectivity index (χ3n) is 2.47. The molecule has 0 heterocycles. The molecule has 0 aromatic heterocycles. The van der Waals surface area contributed by atoms with Crippen molar-refractivity contribution in [1.82, 2.24) is 5.32 Å². The fraction of sp³-hybridized carbons (Fsp3) is 1.00. The molecule has 0 rings (SSSR count). The van der Waals surface area contributed by atoms with Gasteiger partial charge in [-0.1, -0.05) is 0 Å². The summed E-state index contributed by atoms with van der Waals surface area (Å²) in [6.07, 6.45) is 3.18. The van der Waals surface area contributed by atoms with Gasteiger partial charge in [-0.05, 0) is 7.05 Å². The van der Waals surface area contributed by atoms with Crippen molar-refractivity contribution in [2.45, 2.75) is 12.8 Å². The fourth-order valence-electron chi connectivity index (χ4n) is 1.55. The van der Waals surface area contributed by atoms with Gasteiger partial charge in [0.25, 0.3) is 0 Å². The van der Waals surface area contributed by atoms with Gasteiger partial charge in [0, 0.05) is 25.6 Å². The van der Waals surface area contributed by atoms with Gasteiger partial charge in [-0.15, -0.1) is 0 Å². The second-order valence-electron chi connectivity index (χ2n) is 4.82. The van der Waals surface area contributed by atoms with Crippen LogP contribution in [0.4, 0.5) is 0 Å². The van der Waals surface area contributed by atoms with Crippen LogP contribution in [0, 0.1) is 0 Å². The Morgan fingerprint density at radius 2 is 1.67 bits per heavy atom. The zero-order valence-electron chi connectivity index (χ0n) is 10.4. The highest BCUT2D eigenvalue weighted by Gasteiger charge is 2.15. The molecule has 0 saturated carbocycles. The highest BCUT2D eigenvalue weighted by molar-refractivity contribution is 7.90. The van der Waals surface area contributed by atoms with Crippen LogP contribution in [-0.2, 0) is 9.84 Å². The van der Waals surface area contributed by atoms with Gasteiger partial charge in [0.15, 0.2) is 0 Å². The van der Waals surface area contributed by atoms with Crippen molar-refractivity contribution in [3.05, 3.63) is 0 Å². The average Bonchev–Trinajstić information content (AvgIpc) is 2.01. The van der Waals surface area contributed by atoms with Gasteiger partial charge >= 0.3 is 0 Å². The van der Waals surface area contributed by atoms with Crippen LogP contribution < -0.4 is 5.32 Å². The van der Waals surface area contributed by atoms with E-state index in [1.807, 2.05) is 7.05 Å². The van der Waals surface area contributed by atoms with E-state index in [0.717, 1.165) is 37.0 Å². The van der Waals surface area contributed by atoms with E-state index in [1.165, 1.54) is 6.26 Å². The van der Waals surface area contributed by atoms with Gasteiger partial charge in [-0.25, -0.2) is 8.42 Å². The maximum atomic E-state index is 11.0. The summed E-state index contributed by atoms with van der Waals surface area (Å²) in [6.45, 7) is 3.04. The molecule has 5 heteroatoms. The zero-order chi connectivity index (χ0) is 11.9. The van der Waals surface area contributed by atoms with Crippen molar-refractivity contribution >= 4 is 9.84 Å². The lowest BCUT2D eigenvalue weighted by Gasteiger charge is -2.29.